The summed E-state index contributed by atoms with van der Waals surface area (Å²) in [5, 5.41) is 10.1. The second kappa shape index (κ2) is 10.9. The van der Waals surface area contributed by atoms with Crippen LogP contribution in [-0.4, -0.2) is 29.9 Å². The molecule has 4 aliphatic carbocycles. The average molecular weight is 638 g/mol. The lowest BCUT2D eigenvalue weighted by Gasteiger charge is -2.53. The van der Waals surface area contributed by atoms with Gasteiger partial charge in [-0.3, -0.25) is 9.59 Å². The Bertz CT molecular complexity index is 1620. The Labute approximate surface area is 249 Å². The van der Waals surface area contributed by atoms with Crippen LogP contribution in [0.1, 0.15) is 42.5 Å². The Balaban J connectivity index is 1.51. The summed E-state index contributed by atoms with van der Waals surface area (Å²) in [7, 11) is -0.943. The average Bonchev–Trinajstić information content (AvgIpc) is 2.96. The number of carbonyl (C=O) groups excluding carboxylic acids is 2. The first kappa shape index (κ1) is 30.0. The van der Waals surface area contributed by atoms with Crippen molar-refractivity contribution in [1.29, 1.82) is 0 Å². The maximum absolute atomic E-state index is 14.4. The molecule has 0 heterocycles. The Morgan fingerprint density at radius 2 is 1.30 bits per heavy atom. The van der Waals surface area contributed by atoms with Gasteiger partial charge in [-0.2, -0.15) is 0 Å². The van der Waals surface area contributed by atoms with Crippen molar-refractivity contribution in [3.05, 3.63) is 76.9 Å². The lowest BCUT2D eigenvalue weighted by molar-refractivity contribution is -0.167. The lowest BCUT2D eigenvalue weighted by atomic mass is 9.49. The lowest BCUT2D eigenvalue weighted by Crippen LogP contribution is -2.55. The summed E-state index contributed by atoms with van der Waals surface area (Å²) in [5.41, 5.74) is -1.53. The largest absolute Gasteiger partial charge is 0.493 e. The van der Waals surface area contributed by atoms with Crippen molar-refractivity contribution in [2.45, 2.75) is 46.8 Å². The van der Waals surface area contributed by atoms with E-state index in [0.29, 0.717) is 56.4 Å². The number of carboxylic acid groups (broad SMARTS) is 1. The molecule has 13 heteroatoms. The predicted octanol–water partition coefficient (Wildman–Crippen LogP) is 6.62. The summed E-state index contributed by atoms with van der Waals surface area (Å²) < 4.78 is 96.6. The minimum atomic E-state index is -2.12. The van der Waals surface area contributed by atoms with Gasteiger partial charge in [-0.05, 0) is 38.0 Å². The van der Waals surface area contributed by atoms with Crippen molar-refractivity contribution in [2.24, 2.45) is 23.2 Å². The van der Waals surface area contributed by atoms with Gasteiger partial charge in [0.25, 0.3) is 0 Å². The highest BCUT2D eigenvalue weighted by atomic mass is 32.2. The van der Waals surface area contributed by atoms with Crippen molar-refractivity contribution in [2.75, 3.05) is 7.11 Å². The topological polar surface area (TPSA) is 89.9 Å². The van der Waals surface area contributed by atoms with Crippen molar-refractivity contribution >= 4 is 28.6 Å². The Morgan fingerprint density at radius 1 is 0.795 bits per heavy atom. The number of rotatable bonds is 7. The molecule has 230 valence electrons. The first-order valence-electron chi connectivity index (χ1n) is 13.6. The number of ether oxygens (including phenoxy) is 2. The van der Waals surface area contributed by atoms with Crippen molar-refractivity contribution < 1.29 is 55.3 Å². The minimum Gasteiger partial charge on any atom is -0.493 e. The molecule has 3 aromatic rings. The van der Waals surface area contributed by atoms with Gasteiger partial charge in [-0.25, -0.2) is 31.1 Å². The number of ketones is 1. The SMILES string of the molecule is COc1cc(C(=O)O)c([S+](c2cc(F)c(F)c(F)c2)c2cc(F)c(F)c(F)c2)cc1OC(=O)C12CC3CC(C1)C(=O)C(C3)C2. The minimum absolute atomic E-state index is 0.136. The van der Waals surface area contributed by atoms with Gasteiger partial charge in [0.1, 0.15) is 22.2 Å². The van der Waals surface area contributed by atoms with Crippen molar-refractivity contribution in [3.8, 4) is 11.5 Å². The van der Waals surface area contributed by atoms with Gasteiger partial charge < -0.3 is 14.6 Å². The Morgan fingerprint density at radius 3 is 1.75 bits per heavy atom. The van der Waals surface area contributed by atoms with Gasteiger partial charge in [-0.1, -0.05) is 0 Å². The van der Waals surface area contributed by atoms with E-state index < -0.39 is 78.5 Å². The zero-order chi connectivity index (χ0) is 31.7. The van der Waals surface area contributed by atoms with Gasteiger partial charge in [0.05, 0.1) is 12.5 Å². The van der Waals surface area contributed by atoms with E-state index in [1.165, 1.54) is 7.11 Å². The number of Topliss-reactive ketones (excluding diaryl/α,β-unsaturated/α-hetero) is 1. The Hall–Kier alpha value is -4.00. The highest BCUT2D eigenvalue weighted by Crippen LogP contribution is 2.59. The number of methoxy groups -OCH3 is 1. The Kier molecular flexibility index (Phi) is 7.42. The first-order valence-corrected chi connectivity index (χ1v) is 14.8. The van der Waals surface area contributed by atoms with Crippen LogP contribution in [0.15, 0.2) is 51.1 Å². The van der Waals surface area contributed by atoms with E-state index in [-0.39, 0.29) is 39.9 Å². The molecule has 0 spiro atoms. The van der Waals surface area contributed by atoms with E-state index in [1.807, 2.05) is 0 Å². The molecule has 4 bridgehead atoms. The van der Waals surface area contributed by atoms with E-state index in [9.17, 15) is 45.8 Å². The van der Waals surface area contributed by atoms with Crippen LogP contribution < -0.4 is 9.47 Å². The molecular weight excluding hydrogens is 614 g/mol. The van der Waals surface area contributed by atoms with Gasteiger partial charge in [0.2, 0.25) is 0 Å². The summed E-state index contributed by atoms with van der Waals surface area (Å²) in [6.07, 6.45) is 2.49. The van der Waals surface area contributed by atoms with Crippen LogP contribution in [-0.2, 0) is 20.5 Å². The quantitative estimate of drug-likeness (QED) is 0.103. The third-order valence-electron chi connectivity index (χ3n) is 8.73. The fraction of sp³-hybridized carbons (Fsp3) is 0.323. The highest BCUT2D eigenvalue weighted by molar-refractivity contribution is 7.97. The van der Waals surface area contributed by atoms with Crippen molar-refractivity contribution in [1.82, 2.24) is 0 Å². The van der Waals surface area contributed by atoms with E-state index >= 15 is 0 Å². The van der Waals surface area contributed by atoms with Gasteiger partial charge >= 0.3 is 11.9 Å². The van der Waals surface area contributed by atoms with Crippen LogP contribution >= 0.6 is 0 Å². The second-order valence-corrected chi connectivity index (χ2v) is 13.4. The van der Waals surface area contributed by atoms with Crippen LogP contribution in [0.4, 0.5) is 26.3 Å². The predicted molar refractivity (Wildman–Crippen MR) is 141 cm³/mol. The molecule has 0 aliphatic heterocycles. The third-order valence-corrected chi connectivity index (χ3v) is 10.9. The van der Waals surface area contributed by atoms with Crippen LogP contribution in [0.5, 0.6) is 11.5 Å². The van der Waals surface area contributed by atoms with E-state index in [2.05, 4.69) is 0 Å². The molecular formula is C31H23F6O6S+. The van der Waals surface area contributed by atoms with E-state index in [0.717, 1.165) is 12.1 Å². The zero-order valence-electron chi connectivity index (χ0n) is 22.9. The number of benzene rings is 3. The number of carbonyl (C=O) groups is 3. The molecule has 44 heavy (non-hydrogen) atoms. The van der Waals surface area contributed by atoms with Gasteiger partial charge in [0.15, 0.2) is 61.1 Å². The van der Waals surface area contributed by atoms with E-state index in [4.69, 9.17) is 9.47 Å². The molecule has 3 aromatic carbocycles. The third kappa shape index (κ3) is 4.90. The fourth-order valence-electron chi connectivity index (χ4n) is 7.01. The summed E-state index contributed by atoms with van der Waals surface area (Å²) in [6.45, 7) is 0. The summed E-state index contributed by atoms with van der Waals surface area (Å²) in [6, 6.07) is 4.09. The number of carboxylic acids is 1. The number of esters is 1. The molecule has 0 aromatic heterocycles. The molecule has 6 nitrogen and oxygen atoms in total. The molecule has 7 rings (SSSR count). The number of hydrogen-bond acceptors (Lipinski definition) is 5. The fourth-order valence-corrected chi connectivity index (χ4v) is 9.27. The monoisotopic (exact) mass is 637 g/mol. The molecule has 2 atom stereocenters. The van der Waals surface area contributed by atoms with E-state index in [1.54, 1.807) is 0 Å². The summed E-state index contributed by atoms with van der Waals surface area (Å²) in [4.78, 5) is 37.6. The second-order valence-electron chi connectivity index (χ2n) is 11.4. The number of aromatic carboxylic acids is 1. The van der Waals surface area contributed by atoms with Gasteiger partial charge in [-0.15, -0.1) is 0 Å². The maximum Gasteiger partial charge on any atom is 0.341 e. The summed E-state index contributed by atoms with van der Waals surface area (Å²) in [5.74, 6) is -13.4. The molecule has 0 radical (unpaired) electrons. The smallest absolute Gasteiger partial charge is 0.341 e. The highest BCUT2D eigenvalue weighted by Gasteiger charge is 2.59. The zero-order valence-corrected chi connectivity index (χ0v) is 23.7. The molecule has 4 aliphatic rings. The number of hydrogen-bond donors (Lipinski definition) is 1. The maximum atomic E-state index is 14.4. The first-order chi connectivity index (χ1) is 20.8. The van der Waals surface area contributed by atoms with Crippen LogP contribution in [0, 0.1) is 58.1 Å². The molecule has 4 fully saturated rings. The summed E-state index contributed by atoms with van der Waals surface area (Å²) >= 11 is 0. The molecule has 2 unspecified atom stereocenters. The van der Waals surface area contributed by atoms with Crippen LogP contribution in [0.25, 0.3) is 0 Å². The number of halogens is 6. The van der Waals surface area contributed by atoms with Crippen LogP contribution in [0.2, 0.25) is 0 Å². The molecule has 0 saturated heterocycles. The standard InChI is InChI=1S/C31H22F6O6S/c1-42-23-8-18(29(39)40)25(9-24(23)43-30(41)31-10-13-2-14(11-31)28(38)15(3-13)12-31)44(16-4-19(32)26(36)20(33)5-16)17-6-21(34)27(37)22(35)7-17/h4-9,13-15H,2-3,10-12H2,1H3/p+1. The van der Waals surface area contributed by atoms with Crippen molar-refractivity contribution in [3.63, 3.8) is 0 Å². The van der Waals surface area contributed by atoms with Crippen LogP contribution in [0.3, 0.4) is 0 Å². The normalized spacial score (nSPS) is 23.7. The molecule has 4 saturated carbocycles. The van der Waals surface area contributed by atoms with Gasteiger partial charge in [0, 0.05) is 48.2 Å². The molecule has 0 amide bonds. The molecule has 1 N–H and O–H groups in total.